The van der Waals surface area contributed by atoms with E-state index in [4.69, 9.17) is 0 Å². The molecule has 8 nitrogen and oxygen atoms in total. The molecular weight excluding hydrogens is 669 g/mol. The quantitative estimate of drug-likeness (QED) is 0.0585. The summed E-state index contributed by atoms with van der Waals surface area (Å²) >= 11 is 4.77. The number of amides is 2. The van der Waals surface area contributed by atoms with Gasteiger partial charge in [0.15, 0.2) is 0 Å². The molecule has 0 bridgehead atoms. The average molecular weight is 707 g/mol. The number of anilines is 4. The predicted molar refractivity (Wildman–Crippen MR) is 209 cm³/mol. The normalized spacial score (nSPS) is 11.2. The summed E-state index contributed by atoms with van der Waals surface area (Å²) in [5.41, 5.74) is 15.7. The molecule has 4 aromatic carbocycles. The number of benzene rings is 4. The molecule has 0 spiro atoms. The minimum Gasteiger partial charge on any atom is -0.355 e. The van der Waals surface area contributed by atoms with E-state index in [0.29, 0.717) is 22.5 Å². The Morgan fingerprint density at radius 2 is 0.959 bits per heavy atom. The van der Waals surface area contributed by atoms with Gasteiger partial charge in [0.2, 0.25) is 0 Å². The van der Waals surface area contributed by atoms with Crippen LogP contribution in [-0.4, -0.2) is 36.8 Å². The van der Waals surface area contributed by atoms with E-state index in [9.17, 15) is 9.59 Å². The Hall–Kier alpha value is -4.84. The van der Waals surface area contributed by atoms with Crippen LogP contribution in [0.1, 0.15) is 54.1 Å². The van der Waals surface area contributed by atoms with Crippen molar-refractivity contribution in [3.8, 4) is 0 Å². The molecule has 0 radical (unpaired) electrons. The van der Waals surface area contributed by atoms with Crippen molar-refractivity contribution in [3.05, 3.63) is 129 Å². The lowest BCUT2D eigenvalue weighted by atomic mass is 10.1. The maximum atomic E-state index is 13.3. The average Bonchev–Trinajstić information content (AvgIpc) is 3.45. The second-order valence-corrected chi connectivity index (χ2v) is 14.3. The molecule has 0 saturated heterocycles. The van der Waals surface area contributed by atoms with Crippen molar-refractivity contribution in [1.29, 1.82) is 0 Å². The number of aryl methyl sites for hydroxylation is 2. The van der Waals surface area contributed by atoms with Gasteiger partial charge in [-0.25, -0.2) is 10.9 Å². The van der Waals surface area contributed by atoms with Crippen LogP contribution in [0.3, 0.4) is 0 Å². The van der Waals surface area contributed by atoms with Crippen molar-refractivity contribution in [2.45, 2.75) is 36.1 Å². The first-order valence-electron chi connectivity index (χ1n) is 15.5. The van der Waals surface area contributed by atoms with Crippen LogP contribution in [-0.2, 0) is 0 Å². The summed E-state index contributed by atoms with van der Waals surface area (Å²) in [5.74, 6) is -0.683. The maximum absolute atomic E-state index is 13.3. The standard InChI is InChI=1S/C38H38N6O2S3/c1-23-13-11-19-31(25(23)3)41-33-17-9-7-15-27(33)35(45)43-39-21-29-30(38(48-6)49-37(29)47-5)22-40-44-36(46)28-16-8-10-18-34(28)42-32-20-12-14-24(2)26(32)4/h7-22,41-42H,1-6H3,(H,43,45)(H,44,46). The van der Waals surface area contributed by atoms with E-state index in [1.165, 1.54) is 0 Å². The van der Waals surface area contributed by atoms with Crippen LogP contribution in [0.25, 0.3) is 0 Å². The topological polar surface area (TPSA) is 107 Å². The zero-order chi connectivity index (χ0) is 34.9. The summed E-state index contributed by atoms with van der Waals surface area (Å²) in [6, 6.07) is 26.8. The highest BCUT2D eigenvalue weighted by Crippen LogP contribution is 2.38. The van der Waals surface area contributed by atoms with E-state index in [2.05, 4.69) is 57.7 Å². The fraction of sp³-hybridized carbons (Fsp3) is 0.158. The minimum atomic E-state index is -0.341. The highest BCUT2D eigenvalue weighted by molar-refractivity contribution is 8.02. The molecule has 250 valence electrons. The number of nitrogens with zero attached hydrogens (tertiary/aromatic N) is 2. The summed E-state index contributed by atoms with van der Waals surface area (Å²) in [4.78, 5) is 26.6. The summed E-state index contributed by atoms with van der Waals surface area (Å²) in [7, 11) is 0. The zero-order valence-electron chi connectivity index (χ0n) is 28.2. The van der Waals surface area contributed by atoms with E-state index >= 15 is 0 Å². The summed E-state index contributed by atoms with van der Waals surface area (Å²) in [6.45, 7) is 8.21. The predicted octanol–water partition coefficient (Wildman–Crippen LogP) is 9.44. The van der Waals surface area contributed by atoms with E-state index in [1.807, 2.05) is 87.0 Å². The molecule has 5 rings (SSSR count). The monoisotopic (exact) mass is 706 g/mol. The molecule has 0 aliphatic heterocycles. The van der Waals surface area contributed by atoms with Crippen LogP contribution >= 0.6 is 34.9 Å². The van der Waals surface area contributed by atoms with Gasteiger partial charge in [-0.2, -0.15) is 10.2 Å². The highest BCUT2D eigenvalue weighted by atomic mass is 32.2. The van der Waals surface area contributed by atoms with Crippen molar-refractivity contribution < 1.29 is 9.59 Å². The number of carbonyl (C=O) groups excluding carboxylic acids is 2. The lowest BCUT2D eigenvalue weighted by molar-refractivity contribution is 0.0948. The molecule has 1 aromatic heterocycles. The number of carbonyl (C=O) groups is 2. The van der Waals surface area contributed by atoms with E-state index in [0.717, 1.165) is 53.2 Å². The molecule has 2 amide bonds. The number of hydrazone groups is 2. The Bertz CT molecular complexity index is 1910. The summed E-state index contributed by atoms with van der Waals surface area (Å²) in [5, 5.41) is 15.5. The fourth-order valence-corrected chi connectivity index (χ4v) is 7.84. The largest absolute Gasteiger partial charge is 0.355 e. The molecule has 0 aliphatic carbocycles. The van der Waals surface area contributed by atoms with Crippen LogP contribution in [0.15, 0.2) is 104 Å². The number of thioether (sulfide) groups is 2. The smallest absolute Gasteiger partial charge is 0.273 e. The second-order valence-electron chi connectivity index (χ2n) is 11.1. The third-order valence-electron chi connectivity index (χ3n) is 8.10. The van der Waals surface area contributed by atoms with Gasteiger partial charge in [-0.3, -0.25) is 9.59 Å². The Kier molecular flexibility index (Phi) is 12.0. The molecule has 11 heteroatoms. The van der Waals surface area contributed by atoms with Gasteiger partial charge < -0.3 is 10.6 Å². The van der Waals surface area contributed by atoms with Crippen LogP contribution in [0.2, 0.25) is 0 Å². The number of nitrogens with one attached hydrogen (secondary N) is 4. The third-order valence-corrected chi connectivity index (χ3v) is 11.6. The number of hydrogen-bond donors (Lipinski definition) is 4. The van der Waals surface area contributed by atoms with Crippen molar-refractivity contribution in [2.24, 2.45) is 10.2 Å². The summed E-state index contributed by atoms with van der Waals surface area (Å²) < 4.78 is 2.02. The van der Waals surface area contributed by atoms with Gasteiger partial charge in [-0.05, 0) is 98.9 Å². The van der Waals surface area contributed by atoms with Crippen LogP contribution in [0.5, 0.6) is 0 Å². The Morgan fingerprint density at radius 3 is 1.37 bits per heavy atom. The lowest BCUT2D eigenvalue weighted by Crippen LogP contribution is -2.19. The van der Waals surface area contributed by atoms with Crippen molar-refractivity contribution >= 4 is 81.9 Å². The second kappa shape index (κ2) is 16.5. The third kappa shape index (κ3) is 8.43. The first kappa shape index (κ1) is 35.5. The lowest BCUT2D eigenvalue weighted by Gasteiger charge is -2.14. The highest BCUT2D eigenvalue weighted by Gasteiger charge is 2.17. The number of thiophene rings is 1. The SMILES string of the molecule is CSc1sc(SC)c(C=NNC(=O)c2ccccc2Nc2cccc(C)c2C)c1C=NNC(=O)c1ccccc1Nc1cccc(C)c1C. The first-order chi connectivity index (χ1) is 23.7. The molecule has 0 fully saturated rings. The molecular formula is C38H38N6O2S3. The molecule has 0 unspecified atom stereocenters. The van der Waals surface area contributed by atoms with Gasteiger partial charge in [0.1, 0.15) is 0 Å². The van der Waals surface area contributed by atoms with E-state index in [1.54, 1.807) is 59.4 Å². The molecule has 49 heavy (non-hydrogen) atoms. The van der Waals surface area contributed by atoms with Gasteiger partial charge in [0, 0.05) is 22.5 Å². The van der Waals surface area contributed by atoms with Crippen LogP contribution in [0.4, 0.5) is 22.7 Å². The molecule has 1 heterocycles. The van der Waals surface area contributed by atoms with Crippen molar-refractivity contribution in [1.82, 2.24) is 10.9 Å². The zero-order valence-corrected chi connectivity index (χ0v) is 30.6. The number of para-hydroxylation sites is 2. The van der Waals surface area contributed by atoms with E-state index < -0.39 is 0 Å². The van der Waals surface area contributed by atoms with Gasteiger partial charge in [0.25, 0.3) is 11.8 Å². The number of hydrogen-bond acceptors (Lipinski definition) is 9. The molecule has 4 N–H and O–H groups in total. The Morgan fingerprint density at radius 1 is 0.571 bits per heavy atom. The fourth-order valence-electron chi connectivity index (χ4n) is 5.04. The molecule has 5 aromatic rings. The van der Waals surface area contributed by atoms with Gasteiger partial charge in [0.05, 0.1) is 43.3 Å². The maximum Gasteiger partial charge on any atom is 0.273 e. The first-order valence-corrected chi connectivity index (χ1v) is 18.7. The Labute approximate surface area is 299 Å². The van der Waals surface area contributed by atoms with Gasteiger partial charge >= 0.3 is 0 Å². The van der Waals surface area contributed by atoms with Crippen LogP contribution in [0, 0.1) is 27.7 Å². The molecule has 0 atom stereocenters. The molecule has 0 aliphatic rings. The van der Waals surface area contributed by atoms with Crippen molar-refractivity contribution in [2.75, 3.05) is 23.1 Å². The molecule has 0 saturated carbocycles. The summed E-state index contributed by atoms with van der Waals surface area (Å²) in [6.07, 6.45) is 7.24. The Balaban J connectivity index is 1.32. The van der Waals surface area contributed by atoms with Crippen molar-refractivity contribution in [3.63, 3.8) is 0 Å². The van der Waals surface area contributed by atoms with Crippen LogP contribution < -0.4 is 21.5 Å². The van der Waals surface area contributed by atoms with Gasteiger partial charge in [-0.1, -0.05) is 48.5 Å². The number of rotatable bonds is 12. The van der Waals surface area contributed by atoms with Gasteiger partial charge in [-0.15, -0.1) is 34.9 Å². The van der Waals surface area contributed by atoms with E-state index in [-0.39, 0.29) is 11.8 Å². The minimum absolute atomic E-state index is 0.341.